The number of carbonyl (C=O) groups excluding carboxylic acids is 1. The van der Waals surface area contributed by atoms with Crippen LogP contribution in [0.4, 0.5) is 10.2 Å². The highest BCUT2D eigenvalue weighted by Crippen LogP contribution is 2.26. The summed E-state index contributed by atoms with van der Waals surface area (Å²) in [6, 6.07) is 4.44. The van der Waals surface area contributed by atoms with Gasteiger partial charge in [-0.3, -0.25) is 4.79 Å². The summed E-state index contributed by atoms with van der Waals surface area (Å²) in [6.45, 7) is 4.05. The number of aromatic nitrogens is 2. The summed E-state index contributed by atoms with van der Waals surface area (Å²) in [4.78, 5) is 11.3. The van der Waals surface area contributed by atoms with Gasteiger partial charge in [-0.2, -0.15) is 5.10 Å². The third kappa shape index (κ3) is 3.58. The van der Waals surface area contributed by atoms with Crippen LogP contribution in [-0.4, -0.2) is 35.9 Å². The first-order valence-corrected chi connectivity index (χ1v) is 8.16. The summed E-state index contributed by atoms with van der Waals surface area (Å²) >= 11 is 0. The topological polar surface area (TPSA) is 94.2 Å². The molecule has 0 unspecified atom stereocenters. The van der Waals surface area contributed by atoms with Crippen molar-refractivity contribution >= 4 is 11.7 Å². The molecule has 4 N–H and O–H groups in total. The van der Waals surface area contributed by atoms with Crippen molar-refractivity contribution in [3.63, 3.8) is 0 Å². The number of hydrogen-bond donors (Lipinski definition) is 3. The normalized spacial score (nSPS) is 17.5. The Morgan fingerprint density at radius 3 is 3.12 bits per heavy atom. The average Bonchev–Trinajstić information content (AvgIpc) is 3.03. The molecule has 8 heteroatoms. The zero-order valence-electron chi connectivity index (χ0n) is 14.3. The SMILES string of the molecule is COc1ccc(F)cc1[C@@H](C)NC[C@@H]1CNc2c(C(N)=O)cnn2C1. The molecular weight excluding hydrogens is 325 g/mol. The highest BCUT2D eigenvalue weighted by atomic mass is 19.1. The predicted molar refractivity (Wildman–Crippen MR) is 92.1 cm³/mol. The van der Waals surface area contributed by atoms with Crippen LogP contribution in [0.25, 0.3) is 0 Å². The maximum absolute atomic E-state index is 13.5. The molecule has 1 aromatic carbocycles. The Kier molecular flexibility index (Phi) is 4.89. The van der Waals surface area contributed by atoms with E-state index < -0.39 is 5.91 Å². The van der Waals surface area contributed by atoms with Crippen molar-refractivity contribution in [2.45, 2.75) is 19.5 Å². The van der Waals surface area contributed by atoms with Crippen LogP contribution in [0.15, 0.2) is 24.4 Å². The van der Waals surface area contributed by atoms with E-state index >= 15 is 0 Å². The monoisotopic (exact) mass is 347 g/mol. The summed E-state index contributed by atoms with van der Waals surface area (Å²) in [5.74, 6) is 0.823. The molecule has 1 aliphatic heterocycles. The van der Waals surface area contributed by atoms with Crippen molar-refractivity contribution in [1.29, 1.82) is 0 Å². The smallest absolute Gasteiger partial charge is 0.254 e. The van der Waals surface area contributed by atoms with Crippen molar-refractivity contribution in [2.24, 2.45) is 11.7 Å². The first-order chi connectivity index (χ1) is 12.0. The third-order valence-corrected chi connectivity index (χ3v) is 4.47. The van der Waals surface area contributed by atoms with Gasteiger partial charge in [0.2, 0.25) is 0 Å². The van der Waals surface area contributed by atoms with Crippen LogP contribution >= 0.6 is 0 Å². The molecule has 7 nitrogen and oxygen atoms in total. The van der Waals surface area contributed by atoms with Gasteiger partial charge in [-0.15, -0.1) is 0 Å². The van der Waals surface area contributed by atoms with Crippen LogP contribution in [0, 0.1) is 11.7 Å². The lowest BCUT2D eigenvalue weighted by molar-refractivity contribution is 0.100. The molecule has 1 aromatic heterocycles. The largest absolute Gasteiger partial charge is 0.496 e. The lowest BCUT2D eigenvalue weighted by Crippen LogP contribution is -2.36. The minimum atomic E-state index is -0.489. The number of hydrogen-bond acceptors (Lipinski definition) is 5. The van der Waals surface area contributed by atoms with Gasteiger partial charge < -0.3 is 21.1 Å². The summed E-state index contributed by atoms with van der Waals surface area (Å²) in [6.07, 6.45) is 1.49. The number of nitrogens with one attached hydrogen (secondary N) is 2. The van der Waals surface area contributed by atoms with Crippen molar-refractivity contribution in [2.75, 3.05) is 25.5 Å². The van der Waals surface area contributed by atoms with E-state index in [-0.39, 0.29) is 17.8 Å². The molecular formula is C17H22FN5O2. The van der Waals surface area contributed by atoms with Gasteiger partial charge in [0, 0.05) is 37.2 Å². The summed E-state index contributed by atoms with van der Waals surface area (Å²) in [5, 5.41) is 10.8. The van der Waals surface area contributed by atoms with E-state index in [0.717, 1.165) is 5.56 Å². The number of anilines is 1. The van der Waals surface area contributed by atoms with Gasteiger partial charge in [0.25, 0.3) is 5.91 Å². The number of nitrogens with two attached hydrogens (primary N) is 1. The fourth-order valence-electron chi connectivity index (χ4n) is 3.07. The zero-order chi connectivity index (χ0) is 18.0. The highest BCUT2D eigenvalue weighted by Gasteiger charge is 2.24. The fourth-order valence-corrected chi connectivity index (χ4v) is 3.07. The van der Waals surface area contributed by atoms with Crippen molar-refractivity contribution < 1.29 is 13.9 Å². The minimum Gasteiger partial charge on any atom is -0.496 e. The number of ether oxygens (including phenoxy) is 1. The van der Waals surface area contributed by atoms with Crippen LogP contribution in [0.1, 0.15) is 28.9 Å². The molecule has 0 radical (unpaired) electrons. The summed E-state index contributed by atoms with van der Waals surface area (Å²) in [7, 11) is 1.57. The molecule has 0 aliphatic carbocycles. The van der Waals surface area contributed by atoms with E-state index in [1.807, 2.05) is 6.92 Å². The molecule has 0 saturated carbocycles. The van der Waals surface area contributed by atoms with Gasteiger partial charge in [-0.1, -0.05) is 0 Å². The van der Waals surface area contributed by atoms with Crippen molar-refractivity contribution in [3.8, 4) is 5.75 Å². The molecule has 3 rings (SSSR count). The molecule has 134 valence electrons. The van der Waals surface area contributed by atoms with Crippen LogP contribution in [-0.2, 0) is 6.54 Å². The number of carbonyl (C=O) groups is 1. The molecule has 25 heavy (non-hydrogen) atoms. The number of rotatable bonds is 6. The van der Waals surface area contributed by atoms with Gasteiger partial charge in [-0.25, -0.2) is 9.07 Å². The van der Waals surface area contributed by atoms with E-state index in [0.29, 0.717) is 36.8 Å². The quantitative estimate of drug-likeness (QED) is 0.737. The zero-order valence-corrected chi connectivity index (χ0v) is 14.3. The lowest BCUT2D eigenvalue weighted by Gasteiger charge is -2.27. The van der Waals surface area contributed by atoms with Crippen LogP contribution < -0.4 is 21.1 Å². The van der Waals surface area contributed by atoms with Crippen molar-refractivity contribution in [1.82, 2.24) is 15.1 Å². The van der Waals surface area contributed by atoms with Crippen LogP contribution in [0.3, 0.4) is 0 Å². The molecule has 2 heterocycles. The second-order valence-electron chi connectivity index (χ2n) is 6.22. The standard InChI is InChI=1S/C17H22FN5O2/c1-10(13-5-12(18)3-4-15(13)25-2)20-6-11-7-21-17-14(16(19)24)8-22-23(17)9-11/h3-5,8,10-11,20-21H,6-7,9H2,1-2H3,(H2,19,24)/t10-,11-/m1/s1. The molecule has 0 spiro atoms. The first kappa shape index (κ1) is 17.2. The number of nitrogens with zero attached hydrogens (tertiary/aromatic N) is 2. The van der Waals surface area contributed by atoms with Gasteiger partial charge in [0.1, 0.15) is 22.9 Å². The molecule has 2 aromatic rings. The van der Waals surface area contributed by atoms with E-state index in [2.05, 4.69) is 15.7 Å². The number of benzene rings is 1. The number of halogens is 1. The lowest BCUT2D eigenvalue weighted by atomic mass is 10.0. The fraction of sp³-hybridized carbons (Fsp3) is 0.412. The maximum atomic E-state index is 13.5. The minimum absolute atomic E-state index is 0.0640. The van der Waals surface area contributed by atoms with Gasteiger partial charge in [-0.05, 0) is 25.1 Å². The van der Waals surface area contributed by atoms with Crippen molar-refractivity contribution in [3.05, 3.63) is 41.3 Å². The Morgan fingerprint density at radius 2 is 2.40 bits per heavy atom. The average molecular weight is 347 g/mol. The predicted octanol–water partition coefficient (Wildman–Crippen LogP) is 1.52. The first-order valence-electron chi connectivity index (χ1n) is 8.16. The second kappa shape index (κ2) is 7.10. The Bertz CT molecular complexity index is 776. The molecule has 1 aliphatic rings. The molecule has 1 amide bonds. The molecule has 0 bridgehead atoms. The number of amides is 1. The van der Waals surface area contributed by atoms with Crippen LogP contribution in [0.5, 0.6) is 5.75 Å². The van der Waals surface area contributed by atoms with E-state index in [1.165, 1.54) is 18.3 Å². The van der Waals surface area contributed by atoms with E-state index in [9.17, 15) is 9.18 Å². The Hall–Kier alpha value is -2.61. The second-order valence-corrected chi connectivity index (χ2v) is 6.22. The Balaban J connectivity index is 1.63. The number of methoxy groups -OCH3 is 1. The molecule has 0 saturated heterocycles. The maximum Gasteiger partial charge on any atom is 0.254 e. The Labute approximate surface area is 145 Å². The molecule has 2 atom stereocenters. The van der Waals surface area contributed by atoms with E-state index in [1.54, 1.807) is 17.9 Å². The van der Waals surface area contributed by atoms with Gasteiger partial charge >= 0.3 is 0 Å². The molecule has 0 fully saturated rings. The van der Waals surface area contributed by atoms with Gasteiger partial charge in [0.15, 0.2) is 0 Å². The third-order valence-electron chi connectivity index (χ3n) is 4.47. The van der Waals surface area contributed by atoms with Gasteiger partial charge in [0.05, 0.1) is 13.3 Å². The van der Waals surface area contributed by atoms with E-state index in [4.69, 9.17) is 10.5 Å². The Morgan fingerprint density at radius 1 is 1.60 bits per heavy atom. The number of fused-ring (bicyclic) bond motifs is 1. The van der Waals surface area contributed by atoms with Crippen LogP contribution in [0.2, 0.25) is 0 Å². The highest BCUT2D eigenvalue weighted by molar-refractivity contribution is 5.97. The number of primary amides is 1. The summed E-state index contributed by atoms with van der Waals surface area (Å²) in [5.41, 5.74) is 6.52. The summed E-state index contributed by atoms with van der Waals surface area (Å²) < 4.78 is 20.6.